The Labute approximate surface area is 189 Å². The van der Waals surface area contributed by atoms with Crippen molar-refractivity contribution in [3.8, 4) is 11.4 Å². The minimum atomic E-state index is -3.47. The molecule has 0 unspecified atom stereocenters. The first-order chi connectivity index (χ1) is 15.8. The lowest BCUT2D eigenvalue weighted by molar-refractivity contribution is 0.122. The van der Waals surface area contributed by atoms with Gasteiger partial charge in [-0.1, -0.05) is 0 Å². The number of anilines is 2. The van der Waals surface area contributed by atoms with Gasteiger partial charge in [0.2, 0.25) is 10.0 Å². The number of aromatic nitrogens is 3. The number of nitrogens with one attached hydrogen (secondary N) is 1. The van der Waals surface area contributed by atoms with Gasteiger partial charge >= 0.3 is 6.09 Å². The molecule has 2 N–H and O–H groups in total. The Bertz CT molecular complexity index is 1470. The Balaban J connectivity index is 1.72. The number of morpholine rings is 1. The van der Waals surface area contributed by atoms with E-state index in [0.29, 0.717) is 59.8 Å². The zero-order valence-electron chi connectivity index (χ0n) is 17.7. The maximum absolute atomic E-state index is 12.2. The van der Waals surface area contributed by atoms with Crippen LogP contribution in [0.5, 0.6) is 0 Å². The van der Waals surface area contributed by atoms with Gasteiger partial charge in [0.1, 0.15) is 5.82 Å². The summed E-state index contributed by atoms with van der Waals surface area (Å²) in [5, 5.41) is 12.8. The highest BCUT2D eigenvalue weighted by Gasteiger charge is 2.21. The van der Waals surface area contributed by atoms with Gasteiger partial charge in [0, 0.05) is 41.3 Å². The highest BCUT2D eigenvalue weighted by Crippen LogP contribution is 2.33. The van der Waals surface area contributed by atoms with Crippen LogP contribution in [0.3, 0.4) is 0 Å². The number of fused-ring (bicyclic) bond motifs is 3. The van der Waals surface area contributed by atoms with Crippen LogP contribution in [0.1, 0.15) is 0 Å². The third-order valence-electron chi connectivity index (χ3n) is 5.54. The van der Waals surface area contributed by atoms with Gasteiger partial charge in [-0.3, -0.25) is 5.32 Å². The number of carboxylic acid groups (broad SMARTS) is 1. The topological polar surface area (TPSA) is 127 Å². The predicted molar refractivity (Wildman–Crippen MR) is 125 cm³/mol. The summed E-state index contributed by atoms with van der Waals surface area (Å²) < 4.78 is 31.2. The van der Waals surface area contributed by atoms with Gasteiger partial charge in [-0.05, 0) is 42.5 Å². The lowest BCUT2D eigenvalue weighted by atomic mass is 10.1. The van der Waals surface area contributed by atoms with Crippen LogP contribution in [0.2, 0.25) is 0 Å². The third kappa shape index (κ3) is 3.96. The first-order valence-electron chi connectivity index (χ1n) is 10.3. The van der Waals surface area contributed by atoms with Gasteiger partial charge in [-0.25, -0.2) is 27.2 Å². The maximum Gasteiger partial charge on any atom is 0.409 e. The average molecular weight is 468 g/mol. The molecule has 10 nitrogen and oxygen atoms in total. The van der Waals surface area contributed by atoms with Gasteiger partial charge in [0.05, 0.1) is 30.5 Å². The molecule has 3 heterocycles. The second-order valence-electron chi connectivity index (χ2n) is 7.75. The summed E-state index contributed by atoms with van der Waals surface area (Å²) in [7, 11) is -3.47. The quantitative estimate of drug-likeness (QED) is 0.469. The number of hydrogen-bond acceptors (Lipinski definition) is 7. The van der Waals surface area contributed by atoms with Crippen LogP contribution in [0.4, 0.5) is 16.3 Å². The van der Waals surface area contributed by atoms with Gasteiger partial charge in [0.15, 0.2) is 5.82 Å². The Morgan fingerprint density at radius 3 is 2.42 bits per heavy atom. The highest BCUT2D eigenvalue weighted by atomic mass is 32.2. The van der Waals surface area contributed by atoms with E-state index >= 15 is 0 Å². The van der Waals surface area contributed by atoms with E-state index in [4.69, 9.17) is 19.8 Å². The summed E-state index contributed by atoms with van der Waals surface area (Å²) in [6, 6.07) is 12.2. The Kier molecular flexibility index (Phi) is 5.14. The summed E-state index contributed by atoms with van der Waals surface area (Å²) in [6.45, 7) is 2.52. The van der Waals surface area contributed by atoms with Crippen LogP contribution in [0.15, 0.2) is 48.7 Å². The lowest BCUT2D eigenvalue weighted by Crippen LogP contribution is -2.37. The van der Waals surface area contributed by atoms with Crippen molar-refractivity contribution in [3.63, 3.8) is 0 Å². The van der Waals surface area contributed by atoms with E-state index in [1.165, 1.54) is 10.2 Å². The monoisotopic (exact) mass is 467 g/mol. The van der Waals surface area contributed by atoms with Crippen LogP contribution in [-0.4, -0.2) is 66.1 Å². The fourth-order valence-corrected chi connectivity index (χ4v) is 4.83. The zero-order valence-corrected chi connectivity index (χ0v) is 18.5. The van der Waals surface area contributed by atoms with Gasteiger partial charge < -0.3 is 14.7 Å². The number of benzene rings is 2. The minimum Gasteiger partial charge on any atom is -0.465 e. The largest absolute Gasteiger partial charge is 0.465 e. The molecule has 1 fully saturated rings. The second-order valence-corrected chi connectivity index (χ2v) is 9.61. The van der Waals surface area contributed by atoms with Gasteiger partial charge in [-0.2, -0.15) is 0 Å². The molecular formula is C22H21N5O5S. The van der Waals surface area contributed by atoms with E-state index in [1.807, 2.05) is 6.07 Å². The number of ether oxygens (including phenoxy) is 1. The summed E-state index contributed by atoms with van der Waals surface area (Å²) in [5.74, 6) is 1.21. The van der Waals surface area contributed by atoms with E-state index in [2.05, 4.69) is 10.2 Å². The number of carbonyl (C=O) groups is 1. The number of amides is 1. The molecule has 0 saturated carbocycles. The number of rotatable bonds is 4. The number of nitrogens with zero attached hydrogens (tertiary/aromatic N) is 4. The second kappa shape index (κ2) is 8.01. The molecule has 0 atom stereocenters. The standard InChI is InChI=1S/C22H21N5O5S/c1-33(30,31)27-9-8-16-18(27)7-6-17-19(16)24-20(25-21(17)26-10-12-32-13-11-26)14-2-4-15(5-3-14)23-22(28)29/h2-9,23H,10-13H2,1H3,(H,28,29). The molecule has 0 bridgehead atoms. The van der Waals surface area contributed by atoms with E-state index < -0.39 is 16.1 Å². The normalized spacial score (nSPS) is 14.6. The molecule has 1 aliphatic rings. The van der Waals surface area contributed by atoms with Crippen LogP contribution in [-0.2, 0) is 14.8 Å². The molecule has 2 aromatic heterocycles. The molecule has 0 spiro atoms. The van der Waals surface area contributed by atoms with Gasteiger partial charge in [-0.15, -0.1) is 0 Å². The van der Waals surface area contributed by atoms with E-state index in [9.17, 15) is 13.2 Å². The van der Waals surface area contributed by atoms with E-state index in [0.717, 1.165) is 17.5 Å². The molecule has 4 aromatic rings. The van der Waals surface area contributed by atoms with E-state index in [1.54, 1.807) is 36.4 Å². The Hall–Kier alpha value is -3.70. The molecule has 11 heteroatoms. The van der Waals surface area contributed by atoms with Crippen LogP contribution in [0, 0.1) is 0 Å². The van der Waals surface area contributed by atoms with Crippen molar-refractivity contribution in [2.24, 2.45) is 0 Å². The SMILES string of the molecule is CS(=O)(=O)n1ccc2c3nc(-c4ccc(NC(=O)O)cc4)nc(N4CCOCC4)c3ccc21. The fraction of sp³-hybridized carbons (Fsp3) is 0.227. The van der Waals surface area contributed by atoms with Crippen LogP contribution >= 0.6 is 0 Å². The van der Waals surface area contributed by atoms with Crippen molar-refractivity contribution in [1.29, 1.82) is 0 Å². The summed E-state index contributed by atoms with van der Waals surface area (Å²) in [4.78, 5) is 22.7. The summed E-state index contributed by atoms with van der Waals surface area (Å²) >= 11 is 0. The average Bonchev–Trinajstić information content (AvgIpc) is 3.24. The van der Waals surface area contributed by atoms with Crippen molar-refractivity contribution >= 4 is 49.4 Å². The molecule has 1 saturated heterocycles. The van der Waals surface area contributed by atoms with Crippen molar-refractivity contribution in [2.75, 3.05) is 42.8 Å². The van der Waals surface area contributed by atoms with Gasteiger partial charge in [0.25, 0.3) is 0 Å². The zero-order chi connectivity index (χ0) is 23.2. The smallest absolute Gasteiger partial charge is 0.409 e. The van der Waals surface area contributed by atoms with Crippen molar-refractivity contribution in [3.05, 3.63) is 48.7 Å². The molecule has 170 valence electrons. The first kappa shape index (κ1) is 21.2. The maximum atomic E-state index is 12.2. The molecule has 0 aliphatic carbocycles. The minimum absolute atomic E-state index is 0.438. The van der Waals surface area contributed by atoms with E-state index in [-0.39, 0.29) is 0 Å². The van der Waals surface area contributed by atoms with Crippen LogP contribution < -0.4 is 10.2 Å². The molecule has 5 rings (SSSR count). The third-order valence-corrected chi connectivity index (χ3v) is 6.57. The fourth-order valence-electron chi connectivity index (χ4n) is 4.03. The molecular weight excluding hydrogens is 446 g/mol. The summed E-state index contributed by atoms with van der Waals surface area (Å²) in [5.41, 5.74) is 2.34. The molecule has 33 heavy (non-hydrogen) atoms. The number of hydrogen-bond donors (Lipinski definition) is 2. The predicted octanol–water partition coefficient (Wildman–Crippen LogP) is 2.99. The lowest BCUT2D eigenvalue weighted by Gasteiger charge is -2.29. The van der Waals surface area contributed by atoms with Crippen LogP contribution in [0.25, 0.3) is 33.2 Å². The molecule has 1 aliphatic heterocycles. The Morgan fingerprint density at radius 2 is 1.76 bits per heavy atom. The van der Waals surface area contributed by atoms with Crippen molar-refractivity contribution in [1.82, 2.24) is 13.9 Å². The van der Waals surface area contributed by atoms with Crippen molar-refractivity contribution < 1.29 is 23.1 Å². The highest BCUT2D eigenvalue weighted by molar-refractivity contribution is 7.89. The first-order valence-corrected chi connectivity index (χ1v) is 12.1. The summed E-state index contributed by atoms with van der Waals surface area (Å²) in [6.07, 6.45) is 1.55. The Morgan fingerprint density at radius 1 is 1.03 bits per heavy atom. The molecule has 2 aromatic carbocycles. The molecule has 1 amide bonds. The molecule has 0 radical (unpaired) electrons. The van der Waals surface area contributed by atoms with Crippen molar-refractivity contribution in [2.45, 2.75) is 0 Å².